The molecule has 122 valence electrons. The second-order valence-corrected chi connectivity index (χ2v) is 5.35. The van der Waals surface area contributed by atoms with E-state index in [2.05, 4.69) is 5.32 Å². The molecule has 0 aliphatic carbocycles. The van der Waals surface area contributed by atoms with Crippen molar-refractivity contribution in [2.45, 2.75) is 13.0 Å². The van der Waals surface area contributed by atoms with Gasteiger partial charge in [-0.25, -0.2) is 8.78 Å². The van der Waals surface area contributed by atoms with Crippen molar-refractivity contribution in [1.29, 1.82) is 0 Å². The molecule has 1 N–H and O–H groups in total. The van der Waals surface area contributed by atoms with Crippen LogP contribution in [0.1, 0.15) is 27.6 Å². The highest BCUT2D eigenvalue weighted by molar-refractivity contribution is 6.23. The van der Waals surface area contributed by atoms with Gasteiger partial charge in [0.05, 0.1) is 11.1 Å². The van der Waals surface area contributed by atoms with Gasteiger partial charge in [-0.1, -0.05) is 12.1 Å². The van der Waals surface area contributed by atoms with Crippen LogP contribution in [0.3, 0.4) is 0 Å². The fraction of sp³-hybridized carbons (Fsp3) is 0.118. The maximum atomic E-state index is 13.2. The summed E-state index contributed by atoms with van der Waals surface area (Å²) in [5.74, 6) is -3.58. The number of benzene rings is 2. The van der Waals surface area contributed by atoms with E-state index in [-0.39, 0.29) is 16.8 Å². The molecule has 1 aliphatic rings. The van der Waals surface area contributed by atoms with Gasteiger partial charge in [-0.15, -0.1) is 0 Å². The molecule has 0 bridgehead atoms. The third-order valence-corrected chi connectivity index (χ3v) is 3.72. The summed E-state index contributed by atoms with van der Waals surface area (Å²) >= 11 is 0. The lowest BCUT2D eigenvalue weighted by molar-refractivity contribution is -0.119. The predicted molar refractivity (Wildman–Crippen MR) is 81.4 cm³/mol. The van der Waals surface area contributed by atoms with Crippen LogP contribution in [0.15, 0.2) is 42.5 Å². The number of nitrogens with one attached hydrogen (secondary N) is 1. The second-order valence-electron chi connectivity index (χ2n) is 5.35. The lowest BCUT2D eigenvalue weighted by atomic mass is 10.1. The molecule has 1 aliphatic heterocycles. The van der Waals surface area contributed by atoms with Gasteiger partial charge >= 0.3 is 0 Å². The molecule has 1 unspecified atom stereocenters. The van der Waals surface area contributed by atoms with Crippen molar-refractivity contribution in [3.05, 3.63) is 65.2 Å². The Kier molecular flexibility index (Phi) is 3.84. The number of hydrogen-bond donors (Lipinski definition) is 1. The maximum absolute atomic E-state index is 13.2. The van der Waals surface area contributed by atoms with E-state index in [1.165, 1.54) is 19.1 Å². The molecule has 0 aromatic heterocycles. The smallest absolute Gasteiger partial charge is 0.262 e. The van der Waals surface area contributed by atoms with Crippen LogP contribution in [0, 0.1) is 11.6 Å². The van der Waals surface area contributed by atoms with E-state index in [0.29, 0.717) is 6.07 Å². The number of halogens is 2. The number of rotatable bonds is 3. The van der Waals surface area contributed by atoms with Crippen LogP contribution in [-0.4, -0.2) is 28.7 Å². The Bertz CT molecular complexity index is 811. The van der Waals surface area contributed by atoms with E-state index in [4.69, 9.17) is 0 Å². The normalized spacial score (nSPS) is 14.5. The molecule has 0 saturated heterocycles. The number of anilines is 1. The minimum absolute atomic E-state index is 0.0963. The van der Waals surface area contributed by atoms with Gasteiger partial charge in [0.1, 0.15) is 17.7 Å². The van der Waals surface area contributed by atoms with E-state index in [0.717, 1.165) is 17.0 Å². The number of fused-ring (bicyclic) bond motifs is 1. The number of amides is 3. The molecule has 7 heteroatoms. The van der Waals surface area contributed by atoms with Gasteiger partial charge in [-0.05, 0) is 31.2 Å². The van der Waals surface area contributed by atoms with Crippen LogP contribution in [0.25, 0.3) is 0 Å². The first-order chi connectivity index (χ1) is 11.4. The highest BCUT2D eigenvalue weighted by atomic mass is 19.1. The van der Waals surface area contributed by atoms with E-state index in [9.17, 15) is 23.2 Å². The Labute approximate surface area is 135 Å². The quantitative estimate of drug-likeness (QED) is 0.880. The van der Waals surface area contributed by atoms with Crippen molar-refractivity contribution in [3.8, 4) is 0 Å². The Morgan fingerprint density at radius 2 is 1.50 bits per heavy atom. The lowest BCUT2D eigenvalue weighted by Crippen LogP contribution is -2.45. The van der Waals surface area contributed by atoms with Crippen LogP contribution in [0.5, 0.6) is 0 Å². The molecule has 1 heterocycles. The Balaban J connectivity index is 1.82. The van der Waals surface area contributed by atoms with Crippen LogP contribution in [0.4, 0.5) is 14.5 Å². The monoisotopic (exact) mass is 330 g/mol. The number of carbonyl (C=O) groups excluding carboxylic acids is 3. The zero-order chi connectivity index (χ0) is 17.4. The summed E-state index contributed by atoms with van der Waals surface area (Å²) in [6, 6.07) is 7.66. The van der Waals surface area contributed by atoms with E-state index in [1.807, 2.05) is 0 Å². The first kappa shape index (κ1) is 15.8. The first-order valence-corrected chi connectivity index (χ1v) is 7.12. The molecule has 0 spiro atoms. The molecule has 24 heavy (non-hydrogen) atoms. The number of carbonyl (C=O) groups is 3. The van der Waals surface area contributed by atoms with E-state index in [1.54, 1.807) is 12.1 Å². The average molecular weight is 330 g/mol. The predicted octanol–water partition coefficient (Wildman–Crippen LogP) is 2.59. The summed E-state index contributed by atoms with van der Waals surface area (Å²) in [5.41, 5.74) is 0.346. The van der Waals surface area contributed by atoms with Crippen LogP contribution < -0.4 is 5.32 Å². The van der Waals surface area contributed by atoms with Crippen molar-refractivity contribution in [2.75, 3.05) is 5.32 Å². The summed E-state index contributed by atoms with van der Waals surface area (Å²) in [6.07, 6.45) is 0. The van der Waals surface area contributed by atoms with Gasteiger partial charge in [0.15, 0.2) is 0 Å². The summed E-state index contributed by atoms with van der Waals surface area (Å²) in [5, 5.41) is 2.30. The van der Waals surface area contributed by atoms with Crippen LogP contribution in [-0.2, 0) is 4.79 Å². The van der Waals surface area contributed by atoms with Crippen molar-refractivity contribution < 1.29 is 23.2 Å². The number of hydrogen-bond acceptors (Lipinski definition) is 3. The molecule has 0 fully saturated rings. The lowest BCUT2D eigenvalue weighted by Gasteiger charge is -2.21. The fourth-order valence-electron chi connectivity index (χ4n) is 2.55. The van der Waals surface area contributed by atoms with Gasteiger partial charge in [0.2, 0.25) is 5.91 Å². The van der Waals surface area contributed by atoms with E-state index >= 15 is 0 Å². The van der Waals surface area contributed by atoms with Crippen LogP contribution in [0.2, 0.25) is 0 Å². The minimum atomic E-state index is -1.14. The second kappa shape index (κ2) is 5.84. The highest BCUT2D eigenvalue weighted by Gasteiger charge is 2.40. The van der Waals surface area contributed by atoms with E-state index < -0.39 is 35.4 Å². The largest absolute Gasteiger partial charge is 0.324 e. The molecule has 2 aromatic rings. The molecular weight excluding hydrogens is 318 g/mol. The van der Waals surface area contributed by atoms with Crippen LogP contribution >= 0.6 is 0 Å². The molecule has 0 saturated carbocycles. The van der Waals surface area contributed by atoms with Crippen molar-refractivity contribution >= 4 is 23.4 Å². The topological polar surface area (TPSA) is 66.5 Å². The van der Waals surface area contributed by atoms with Crippen molar-refractivity contribution in [2.24, 2.45) is 0 Å². The third kappa shape index (κ3) is 2.64. The van der Waals surface area contributed by atoms with Crippen molar-refractivity contribution in [3.63, 3.8) is 0 Å². The fourth-order valence-corrected chi connectivity index (χ4v) is 2.55. The minimum Gasteiger partial charge on any atom is -0.324 e. The van der Waals surface area contributed by atoms with Gasteiger partial charge in [0, 0.05) is 11.8 Å². The molecular formula is C17H12F2N2O3. The average Bonchev–Trinajstić information content (AvgIpc) is 2.77. The summed E-state index contributed by atoms with van der Waals surface area (Å²) < 4.78 is 26.3. The Hall–Kier alpha value is -3.09. The van der Waals surface area contributed by atoms with Gasteiger partial charge in [0.25, 0.3) is 11.8 Å². The number of nitrogens with zero attached hydrogens (tertiary/aromatic N) is 1. The Morgan fingerprint density at radius 3 is 2.00 bits per heavy atom. The van der Waals surface area contributed by atoms with Crippen molar-refractivity contribution in [1.82, 2.24) is 4.90 Å². The SMILES string of the molecule is CC(C(=O)Nc1cc(F)cc(F)c1)N1C(=O)c2ccccc2C1=O. The zero-order valence-corrected chi connectivity index (χ0v) is 12.5. The maximum Gasteiger partial charge on any atom is 0.262 e. The van der Waals surface area contributed by atoms with Gasteiger partial charge in [-0.2, -0.15) is 0 Å². The third-order valence-electron chi connectivity index (χ3n) is 3.72. The zero-order valence-electron chi connectivity index (χ0n) is 12.5. The van der Waals surface area contributed by atoms with Gasteiger partial charge < -0.3 is 5.32 Å². The molecule has 5 nitrogen and oxygen atoms in total. The molecule has 3 rings (SSSR count). The highest BCUT2D eigenvalue weighted by Crippen LogP contribution is 2.25. The summed E-state index contributed by atoms with van der Waals surface area (Å²) in [4.78, 5) is 37.7. The summed E-state index contributed by atoms with van der Waals surface area (Å²) in [7, 11) is 0. The summed E-state index contributed by atoms with van der Waals surface area (Å²) in [6.45, 7) is 1.37. The van der Waals surface area contributed by atoms with Gasteiger partial charge in [-0.3, -0.25) is 19.3 Å². The first-order valence-electron chi connectivity index (χ1n) is 7.12. The number of imide groups is 1. The standard InChI is InChI=1S/C17H12F2N2O3/c1-9(15(22)20-12-7-10(18)6-11(19)8-12)21-16(23)13-4-2-3-5-14(13)17(21)24/h2-9H,1H3,(H,20,22). The molecule has 1 atom stereocenters. The molecule has 3 amide bonds. The molecule has 0 radical (unpaired) electrons. The molecule has 2 aromatic carbocycles. The Morgan fingerprint density at radius 1 is 1.00 bits per heavy atom.